The van der Waals surface area contributed by atoms with Gasteiger partial charge in [-0.2, -0.15) is 13.2 Å². The first-order valence-electron chi connectivity index (χ1n) is 13.6. The molecule has 1 aromatic heterocycles. The lowest BCUT2D eigenvalue weighted by Crippen LogP contribution is -2.59. The van der Waals surface area contributed by atoms with Crippen LogP contribution in [0.15, 0.2) is 23.9 Å². The number of aliphatic hydroxyl groups excluding tert-OH is 1. The fourth-order valence-electron chi connectivity index (χ4n) is 5.50. The highest BCUT2D eigenvalue weighted by Gasteiger charge is 2.45. The summed E-state index contributed by atoms with van der Waals surface area (Å²) in [5.74, 6) is 0.0828. The molecule has 0 radical (unpaired) electrons. The van der Waals surface area contributed by atoms with Crippen LogP contribution in [0.1, 0.15) is 63.3 Å². The molecule has 40 heavy (non-hydrogen) atoms. The highest BCUT2D eigenvalue weighted by atomic mass is 19.4. The number of rotatable bonds is 9. The normalized spacial score (nSPS) is 18.2. The van der Waals surface area contributed by atoms with E-state index in [4.69, 9.17) is 15.2 Å². The lowest BCUT2D eigenvalue weighted by atomic mass is 9.73. The van der Waals surface area contributed by atoms with E-state index < -0.39 is 17.8 Å². The minimum Gasteiger partial charge on any atom is -0.491 e. The highest BCUT2D eigenvalue weighted by Crippen LogP contribution is 2.44. The number of Topliss-reactive ketones (excluding diaryl/α,β-unsaturated/α-hetero) is 1. The van der Waals surface area contributed by atoms with Gasteiger partial charge in [0.15, 0.2) is 11.6 Å². The van der Waals surface area contributed by atoms with Gasteiger partial charge in [0.1, 0.15) is 18.2 Å². The van der Waals surface area contributed by atoms with Crippen LogP contribution in [0.25, 0.3) is 17.0 Å². The average Bonchev–Trinajstić information content (AvgIpc) is 2.87. The molecule has 3 heterocycles. The van der Waals surface area contributed by atoms with E-state index in [0.717, 1.165) is 25.3 Å². The molecule has 2 aliphatic rings. The molecule has 0 amide bonds. The molecule has 2 fully saturated rings. The van der Waals surface area contributed by atoms with Crippen LogP contribution in [0.4, 0.5) is 19.0 Å². The molecule has 0 saturated carbocycles. The Balaban J connectivity index is 1.84. The number of ketones is 1. The van der Waals surface area contributed by atoms with Crippen LogP contribution in [0, 0.1) is 12.3 Å². The standard InChI is InChI=1S/C29H37F3N4O4/c1-5-6-20(38)14-40-21-7-8-23(29(30,31)32)22(13-21)26-34-25(24(18(3)33)19(4)37)17(2)27(35-26)36-15-28(16-36)9-11-39-12-10-28/h7-8,13,20,38H,5-6,9-12,14-16,33H2,1-4H3/t20-/m1/s1. The van der Waals surface area contributed by atoms with Gasteiger partial charge in [0.25, 0.3) is 0 Å². The first-order chi connectivity index (χ1) is 18.8. The van der Waals surface area contributed by atoms with Crippen molar-refractivity contribution in [1.29, 1.82) is 0 Å². The zero-order valence-electron chi connectivity index (χ0n) is 23.4. The zero-order valence-corrected chi connectivity index (χ0v) is 23.4. The van der Waals surface area contributed by atoms with Gasteiger partial charge in [0, 0.05) is 48.5 Å². The number of halogens is 3. The minimum absolute atomic E-state index is 0.0624. The maximum Gasteiger partial charge on any atom is 0.417 e. The fourth-order valence-corrected chi connectivity index (χ4v) is 5.50. The third kappa shape index (κ3) is 6.25. The summed E-state index contributed by atoms with van der Waals surface area (Å²) in [5, 5.41) is 10.1. The van der Waals surface area contributed by atoms with Crippen molar-refractivity contribution in [2.45, 2.75) is 65.7 Å². The minimum atomic E-state index is -4.70. The molecule has 11 heteroatoms. The second kappa shape index (κ2) is 11.7. The van der Waals surface area contributed by atoms with Crippen LogP contribution < -0.4 is 15.4 Å². The number of allylic oxidation sites excluding steroid dienone is 2. The van der Waals surface area contributed by atoms with Crippen molar-refractivity contribution in [2.75, 3.05) is 37.8 Å². The number of hydrogen-bond donors (Lipinski definition) is 2. The lowest BCUT2D eigenvalue weighted by molar-refractivity contribution is -0.137. The largest absolute Gasteiger partial charge is 0.491 e. The number of nitrogens with zero attached hydrogens (tertiary/aromatic N) is 3. The molecule has 218 valence electrons. The van der Waals surface area contributed by atoms with E-state index in [1.807, 2.05) is 11.8 Å². The Bertz CT molecular complexity index is 1280. The van der Waals surface area contributed by atoms with Crippen molar-refractivity contribution in [2.24, 2.45) is 11.1 Å². The third-order valence-corrected chi connectivity index (χ3v) is 7.61. The van der Waals surface area contributed by atoms with Crippen LogP contribution in [-0.4, -0.2) is 59.9 Å². The average molecular weight is 563 g/mol. The summed E-state index contributed by atoms with van der Waals surface area (Å²) in [6.45, 7) is 9.23. The Kier molecular flexibility index (Phi) is 8.75. The van der Waals surface area contributed by atoms with Crippen LogP contribution in [0.5, 0.6) is 5.75 Å². The quantitative estimate of drug-likeness (QED) is 0.415. The molecule has 2 aromatic rings. The SMILES string of the molecule is CCC[C@@H](O)COc1ccc(C(F)(F)F)c(-c2nc(C(C(C)=O)=C(C)N)c(C)c(N3CC4(CCOCC4)C3)n2)c1. The number of ether oxygens (including phenoxy) is 2. The monoisotopic (exact) mass is 562 g/mol. The first kappa shape index (κ1) is 29.8. The Labute approximate surface area is 232 Å². The summed E-state index contributed by atoms with van der Waals surface area (Å²) in [6.07, 6.45) is -2.41. The molecule has 1 spiro atoms. The third-order valence-electron chi connectivity index (χ3n) is 7.61. The molecular weight excluding hydrogens is 525 g/mol. The van der Waals surface area contributed by atoms with Crippen molar-refractivity contribution in [3.63, 3.8) is 0 Å². The zero-order chi connectivity index (χ0) is 29.2. The van der Waals surface area contributed by atoms with E-state index in [1.165, 1.54) is 19.1 Å². The number of carbonyl (C=O) groups excluding carboxylic acids is 1. The molecule has 0 unspecified atom stereocenters. The van der Waals surface area contributed by atoms with E-state index in [2.05, 4.69) is 9.97 Å². The van der Waals surface area contributed by atoms with Gasteiger partial charge in [-0.1, -0.05) is 13.3 Å². The number of hydrogen-bond acceptors (Lipinski definition) is 8. The first-order valence-corrected chi connectivity index (χ1v) is 13.6. The van der Waals surface area contributed by atoms with E-state index in [1.54, 1.807) is 13.8 Å². The molecule has 3 N–H and O–H groups in total. The van der Waals surface area contributed by atoms with Gasteiger partial charge >= 0.3 is 6.18 Å². The molecule has 2 saturated heterocycles. The second-order valence-electron chi connectivity index (χ2n) is 10.9. The van der Waals surface area contributed by atoms with Crippen LogP contribution in [0.3, 0.4) is 0 Å². The Morgan fingerprint density at radius 2 is 1.90 bits per heavy atom. The molecule has 8 nitrogen and oxygen atoms in total. The van der Waals surface area contributed by atoms with Gasteiger partial charge in [0.2, 0.25) is 0 Å². The summed E-state index contributed by atoms with van der Waals surface area (Å²) in [6, 6.07) is 3.38. The van der Waals surface area contributed by atoms with Gasteiger partial charge in [-0.15, -0.1) is 0 Å². The molecule has 1 aromatic carbocycles. The number of carbonyl (C=O) groups is 1. The van der Waals surface area contributed by atoms with Crippen LogP contribution in [0.2, 0.25) is 0 Å². The number of aromatic nitrogens is 2. The van der Waals surface area contributed by atoms with Gasteiger partial charge in [0.05, 0.1) is 22.9 Å². The van der Waals surface area contributed by atoms with Crippen molar-refractivity contribution in [3.05, 3.63) is 40.7 Å². The topological polar surface area (TPSA) is 111 Å². The summed E-state index contributed by atoms with van der Waals surface area (Å²) < 4.78 is 53.8. The van der Waals surface area contributed by atoms with Gasteiger partial charge in [-0.05, 0) is 58.2 Å². The molecule has 0 aliphatic carbocycles. The van der Waals surface area contributed by atoms with Crippen molar-refractivity contribution < 1.29 is 32.5 Å². The van der Waals surface area contributed by atoms with Crippen molar-refractivity contribution in [1.82, 2.24) is 9.97 Å². The van der Waals surface area contributed by atoms with Gasteiger partial charge < -0.3 is 25.2 Å². The Morgan fingerprint density at radius 3 is 2.48 bits per heavy atom. The number of alkyl halides is 3. The maximum absolute atomic E-state index is 14.2. The highest BCUT2D eigenvalue weighted by molar-refractivity contribution is 6.20. The number of aliphatic hydroxyl groups is 1. The second-order valence-corrected chi connectivity index (χ2v) is 10.9. The summed E-state index contributed by atoms with van der Waals surface area (Å²) in [5.41, 5.74) is 6.08. The molecule has 2 aliphatic heterocycles. The van der Waals surface area contributed by atoms with E-state index in [9.17, 15) is 23.1 Å². The Hall–Kier alpha value is -3.18. The summed E-state index contributed by atoms with van der Waals surface area (Å²) in [7, 11) is 0. The summed E-state index contributed by atoms with van der Waals surface area (Å²) in [4.78, 5) is 23.8. The van der Waals surface area contributed by atoms with Crippen LogP contribution >= 0.6 is 0 Å². The van der Waals surface area contributed by atoms with E-state index in [0.29, 0.717) is 44.1 Å². The summed E-state index contributed by atoms with van der Waals surface area (Å²) >= 11 is 0. The van der Waals surface area contributed by atoms with Crippen molar-refractivity contribution >= 4 is 17.2 Å². The molecule has 4 rings (SSSR count). The van der Waals surface area contributed by atoms with Gasteiger partial charge in [-0.3, -0.25) is 4.79 Å². The maximum atomic E-state index is 14.2. The lowest BCUT2D eigenvalue weighted by Gasteiger charge is -2.53. The smallest absolute Gasteiger partial charge is 0.417 e. The Morgan fingerprint density at radius 1 is 1.23 bits per heavy atom. The fraction of sp³-hybridized carbons (Fsp3) is 0.552. The van der Waals surface area contributed by atoms with E-state index in [-0.39, 0.29) is 51.9 Å². The molecule has 0 bridgehead atoms. The molecule has 1 atom stereocenters. The van der Waals surface area contributed by atoms with Crippen molar-refractivity contribution in [3.8, 4) is 17.1 Å². The molecular formula is C29H37F3N4O4. The predicted molar refractivity (Wildman–Crippen MR) is 146 cm³/mol. The predicted octanol–water partition coefficient (Wildman–Crippen LogP) is 4.91. The number of anilines is 1. The van der Waals surface area contributed by atoms with Crippen LogP contribution in [-0.2, 0) is 15.7 Å². The number of benzene rings is 1. The van der Waals surface area contributed by atoms with Gasteiger partial charge in [-0.25, -0.2) is 9.97 Å². The van der Waals surface area contributed by atoms with E-state index >= 15 is 0 Å². The number of nitrogens with two attached hydrogens (primary N) is 1.